The number of aromatic nitrogens is 1. The Morgan fingerprint density at radius 3 is 2.58 bits per heavy atom. The topological polar surface area (TPSA) is 54.0 Å². The molecular formula is C14H22FN3O. The number of carbonyl (C=O) groups is 1. The lowest BCUT2D eigenvalue weighted by Gasteiger charge is -2.22. The van der Waals surface area contributed by atoms with Crippen LogP contribution in [0.3, 0.4) is 0 Å². The molecule has 0 bridgehead atoms. The molecule has 0 saturated heterocycles. The monoisotopic (exact) mass is 267 g/mol. The Hall–Kier alpha value is -1.65. The molecule has 1 unspecified atom stereocenters. The second kappa shape index (κ2) is 7.07. The molecule has 1 heterocycles. The largest absolute Gasteiger partial charge is 0.372 e. The first-order valence-electron chi connectivity index (χ1n) is 6.67. The summed E-state index contributed by atoms with van der Waals surface area (Å²) in [5, 5.41) is 5.71. The number of halogens is 1. The van der Waals surface area contributed by atoms with Gasteiger partial charge in [0.2, 0.25) is 0 Å². The van der Waals surface area contributed by atoms with Crippen molar-refractivity contribution in [1.82, 2.24) is 10.3 Å². The SMILES string of the molecule is CCC(CC)C(C)NC(=O)c1cc(F)cnc1NC. The highest BCUT2D eigenvalue weighted by molar-refractivity contribution is 5.98. The van der Waals surface area contributed by atoms with Gasteiger partial charge in [0.1, 0.15) is 11.6 Å². The van der Waals surface area contributed by atoms with Gasteiger partial charge in [-0.2, -0.15) is 0 Å². The number of rotatable bonds is 6. The minimum absolute atomic E-state index is 0.0514. The van der Waals surface area contributed by atoms with E-state index in [9.17, 15) is 9.18 Å². The van der Waals surface area contributed by atoms with Crippen molar-refractivity contribution in [3.63, 3.8) is 0 Å². The van der Waals surface area contributed by atoms with E-state index in [2.05, 4.69) is 29.5 Å². The van der Waals surface area contributed by atoms with E-state index in [1.165, 1.54) is 6.07 Å². The molecule has 1 amide bonds. The van der Waals surface area contributed by atoms with E-state index in [4.69, 9.17) is 0 Å². The molecule has 0 aliphatic heterocycles. The third kappa shape index (κ3) is 3.91. The fraction of sp³-hybridized carbons (Fsp3) is 0.571. The highest BCUT2D eigenvalue weighted by atomic mass is 19.1. The van der Waals surface area contributed by atoms with Gasteiger partial charge >= 0.3 is 0 Å². The quantitative estimate of drug-likeness (QED) is 0.833. The first kappa shape index (κ1) is 15.4. The molecule has 0 aliphatic rings. The van der Waals surface area contributed by atoms with Gasteiger partial charge in [0, 0.05) is 13.1 Å². The molecule has 106 valence electrons. The average molecular weight is 267 g/mol. The third-order valence-corrected chi connectivity index (χ3v) is 3.45. The van der Waals surface area contributed by atoms with Crippen molar-refractivity contribution in [3.05, 3.63) is 23.6 Å². The fourth-order valence-corrected chi connectivity index (χ4v) is 2.21. The number of nitrogens with zero attached hydrogens (tertiary/aromatic N) is 1. The Balaban J connectivity index is 2.86. The zero-order valence-corrected chi connectivity index (χ0v) is 12.0. The van der Waals surface area contributed by atoms with Gasteiger partial charge in [-0.25, -0.2) is 9.37 Å². The summed E-state index contributed by atoms with van der Waals surface area (Å²) < 4.78 is 13.2. The number of nitrogens with one attached hydrogen (secondary N) is 2. The maximum atomic E-state index is 13.2. The summed E-state index contributed by atoms with van der Waals surface area (Å²) in [6.45, 7) is 6.17. The lowest BCUT2D eigenvalue weighted by Crippen LogP contribution is -2.38. The van der Waals surface area contributed by atoms with E-state index in [1.54, 1.807) is 7.05 Å². The van der Waals surface area contributed by atoms with Crippen molar-refractivity contribution in [2.24, 2.45) is 5.92 Å². The smallest absolute Gasteiger partial charge is 0.255 e. The average Bonchev–Trinajstić information content (AvgIpc) is 2.40. The van der Waals surface area contributed by atoms with Gasteiger partial charge in [0.15, 0.2) is 0 Å². The van der Waals surface area contributed by atoms with Crippen LogP contribution in [0.5, 0.6) is 0 Å². The molecule has 1 atom stereocenters. The van der Waals surface area contributed by atoms with Crippen LogP contribution in [0.4, 0.5) is 10.2 Å². The van der Waals surface area contributed by atoms with Crippen molar-refractivity contribution in [3.8, 4) is 0 Å². The van der Waals surface area contributed by atoms with Gasteiger partial charge < -0.3 is 10.6 Å². The standard InChI is InChI=1S/C14H22FN3O/c1-5-10(6-2)9(3)18-14(19)12-7-11(15)8-17-13(12)16-4/h7-10H,5-6H2,1-4H3,(H,16,17)(H,18,19). The number of anilines is 1. The van der Waals surface area contributed by atoms with E-state index < -0.39 is 5.82 Å². The molecule has 4 nitrogen and oxygen atoms in total. The molecule has 0 saturated carbocycles. The number of hydrogen-bond donors (Lipinski definition) is 2. The lowest BCUT2D eigenvalue weighted by molar-refractivity contribution is 0.0925. The molecular weight excluding hydrogens is 245 g/mol. The molecule has 5 heteroatoms. The van der Waals surface area contributed by atoms with Gasteiger partial charge in [0.25, 0.3) is 5.91 Å². The molecule has 0 spiro atoms. The van der Waals surface area contributed by atoms with E-state index in [0.717, 1.165) is 19.0 Å². The van der Waals surface area contributed by atoms with E-state index >= 15 is 0 Å². The van der Waals surface area contributed by atoms with Gasteiger partial charge in [-0.05, 0) is 18.9 Å². The van der Waals surface area contributed by atoms with Crippen LogP contribution in [-0.4, -0.2) is 24.0 Å². The molecule has 0 aliphatic carbocycles. The molecule has 1 aromatic heterocycles. The number of carbonyl (C=O) groups excluding carboxylic acids is 1. The summed E-state index contributed by atoms with van der Waals surface area (Å²) in [4.78, 5) is 16.0. The zero-order valence-electron chi connectivity index (χ0n) is 12.0. The molecule has 0 aromatic carbocycles. The Labute approximate surface area is 113 Å². The Morgan fingerprint density at radius 2 is 2.05 bits per heavy atom. The highest BCUT2D eigenvalue weighted by Crippen LogP contribution is 2.16. The maximum absolute atomic E-state index is 13.2. The fourth-order valence-electron chi connectivity index (χ4n) is 2.21. The second-order valence-corrected chi connectivity index (χ2v) is 4.64. The molecule has 0 fully saturated rings. The molecule has 19 heavy (non-hydrogen) atoms. The summed E-state index contributed by atoms with van der Waals surface area (Å²) in [7, 11) is 1.65. The summed E-state index contributed by atoms with van der Waals surface area (Å²) in [6.07, 6.45) is 3.09. The molecule has 2 N–H and O–H groups in total. The van der Waals surface area contributed by atoms with Crippen LogP contribution >= 0.6 is 0 Å². The molecule has 1 aromatic rings. The molecule has 0 radical (unpaired) electrons. The van der Waals surface area contributed by atoms with Gasteiger partial charge in [-0.15, -0.1) is 0 Å². The first-order chi connectivity index (χ1) is 9.03. The van der Waals surface area contributed by atoms with Crippen molar-refractivity contribution in [2.75, 3.05) is 12.4 Å². The van der Waals surface area contributed by atoms with Crippen molar-refractivity contribution in [2.45, 2.75) is 39.7 Å². The van der Waals surface area contributed by atoms with Gasteiger partial charge in [-0.3, -0.25) is 4.79 Å². The van der Waals surface area contributed by atoms with Crippen LogP contribution in [0.25, 0.3) is 0 Å². The summed E-state index contributed by atoms with van der Waals surface area (Å²) in [6, 6.07) is 1.25. The number of pyridine rings is 1. The zero-order chi connectivity index (χ0) is 14.4. The van der Waals surface area contributed by atoms with Crippen molar-refractivity contribution >= 4 is 11.7 Å². The Bertz CT molecular complexity index is 433. The summed E-state index contributed by atoms with van der Waals surface area (Å²) >= 11 is 0. The normalized spacial score (nSPS) is 12.3. The minimum Gasteiger partial charge on any atom is -0.372 e. The highest BCUT2D eigenvalue weighted by Gasteiger charge is 2.19. The maximum Gasteiger partial charge on any atom is 0.255 e. The van der Waals surface area contributed by atoms with Crippen molar-refractivity contribution in [1.29, 1.82) is 0 Å². The van der Waals surface area contributed by atoms with Gasteiger partial charge in [0.05, 0.1) is 11.8 Å². The number of hydrogen-bond acceptors (Lipinski definition) is 3. The van der Waals surface area contributed by atoms with E-state index in [1.807, 2.05) is 6.92 Å². The van der Waals surface area contributed by atoms with Crippen LogP contribution in [0.15, 0.2) is 12.3 Å². The van der Waals surface area contributed by atoms with Crippen LogP contribution in [0, 0.1) is 11.7 Å². The summed E-state index contributed by atoms with van der Waals surface area (Å²) in [5.41, 5.74) is 0.236. The van der Waals surface area contributed by atoms with Crippen LogP contribution in [0.1, 0.15) is 44.0 Å². The second-order valence-electron chi connectivity index (χ2n) is 4.64. The summed E-state index contributed by atoms with van der Waals surface area (Å²) in [5.74, 6) is -0.00534. The Kier molecular flexibility index (Phi) is 5.73. The van der Waals surface area contributed by atoms with Gasteiger partial charge in [-0.1, -0.05) is 26.7 Å². The minimum atomic E-state index is -0.515. The Morgan fingerprint density at radius 1 is 1.42 bits per heavy atom. The van der Waals surface area contributed by atoms with Crippen LogP contribution in [-0.2, 0) is 0 Å². The first-order valence-corrected chi connectivity index (χ1v) is 6.67. The van der Waals surface area contributed by atoms with Crippen molar-refractivity contribution < 1.29 is 9.18 Å². The van der Waals surface area contributed by atoms with E-state index in [0.29, 0.717) is 11.7 Å². The third-order valence-electron chi connectivity index (χ3n) is 3.45. The van der Waals surface area contributed by atoms with E-state index in [-0.39, 0.29) is 17.5 Å². The predicted molar refractivity (Wildman–Crippen MR) is 74.7 cm³/mol. The molecule has 1 rings (SSSR count). The van der Waals surface area contributed by atoms with Crippen LogP contribution < -0.4 is 10.6 Å². The number of amides is 1. The van der Waals surface area contributed by atoms with Crippen LogP contribution in [0.2, 0.25) is 0 Å². The lowest BCUT2D eigenvalue weighted by atomic mass is 9.95. The predicted octanol–water partition coefficient (Wildman–Crippen LogP) is 2.82.